The molecule has 42 heavy (non-hydrogen) atoms. The molecule has 1 saturated heterocycles. The number of hydrogen-bond acceptors (Lipinski definition) is 8. The van der Waals surface area contributed by atoms with Crippen LogP contribution in [0.15, 0.2) is 67.0 Å². The van der Waals surface area contributed by atoms with Crippen LogP contribution in [-0.2, 0) is 23.0 Å². The number of hydrogen-bond donors (Lipinski definition) is 1. The van der Waals surface area contributed by atoms with Crippen LogP contribution in [0, 0.1) is 5.82 Å². The highest BCUT2D eigenvalue weighted by Crippen LogP contribution is 2.38. The number of piperazine rings is 1. The number of methoxy groups -OCH3 is 1. The molecule has 6 rings (SSSR count). The zero-order valence-electron chi connectivity index (χ0n) is 23.4. The maximum absolute atomic E-state index is 13.6. The molecule has 1 atom stereocenters. The maximum atomic E-state index is 13.6. The van der Waals surface area contributed by atoms with Gasteiger partial charge in [-0.1, -0.05) is 30.3 Å². The zero-order chi connectivity index (χ0) is 29.2. The number of amides is 1. The van der Waals surface area contributed by atoms with Crippen molar-refractivity contribution in [2.75, 3.05) is 55.1 Å². The third kappa shape index (κ3) is 5.30. The summed E-state index contributed by atoms with van der Waals surface area (Å²) < 4.78 is 26.3. The number of carbonyl (C=O) groups excluding carboxylic acids is 2. The first-order valence-corrected chi connectivity index (χ1v) is 13.8. The van der Waals surface area contributed by atoms with Gasteiger partial charge in [-0.15, -0.1) is 0 Å². The van der Waals surface area contributed by atoms with Crippen molar-refractivity contribution < 1.29 is 23.5 Å². The van der Waals surface area contributed by atoms with E-state index in [1.54, 1.807) is 30.9 Å². The van der Waals surface area contributed by atoms with E-state index in [-0.39, 0.29) is 6.04 Å². The number of nitrogens with zero attached hydrogens (tertiary/aromatic N) is 5. The SMILES string of the molecule is COCCc1cc(-c2ccccc2)c(C(=O)C(=O)Nc2ccc3c(c2)OCC2CN(c4ncc(F)cn4)CCN32)n1C. The lowest BCUT2D eigenvalue weighted by atomic mass is 10.0. The number of fused-ring (bicyclic) bond motifs is 3. The molecule has 0 bridgehead atoms. The Labute approximate surface area is 242 Å². The summed E-state index contributed by atoms with van der Waals surface area (Å²) in [4.78, 5) is 39.3. The van der Waals surface area contributed by atoms with Crippen molar-refractivity contribution in [2.24, 2.45) is 7.05 Å². The van der Waals surface area contributed by atoms with E-state index in [2.05, 4.69) is 20.2 Å². The predicted molar refractivity (Wildman–Crippen MR) is 157 cm³/mol. The molecule has 0 aliphatic carbocycles. The standard InChI is InChI=1S/C31H31FN6O4/c1-36-23(10-13-41-2)15-25(20-6-4-3-5-7-20)28(36)29(39)30(40)35-22-8-9-26-27(14-22)42-19-24-18-37(11-12-38(24)26)31-33-16-21(32)17-34-31/h3-9,14-17,24H,10-13,18-19H2,1-2H3,(H,35,40). The van der Waals surface area contributed by atoms with Crippen LogP contribution in [0.25, 0.3) is 11.1 Å². The summed E-state index contributed by atoms with van der Waals surface area (Å²) >= 11 is 0. The first-order valence-electron chi connectivity index (χ1n) is 13.8. The Morgan fingerprint density at radius 2 is 1.88 bits per heavy atom. The molecule has 0 saturated carbocycles. The van der Waals surface area contributed by atoms with Crippen LogP contribution in [0.5, 0.6) is 5.75 Å². The molecule has 1 N–H and O–H groups in total. The number of carbonyl (C=O) groups is 2. The number of Topliss-reactive ketones (excluding diaryl/α,β-unsaturated/α-hetero) is 1. The third-order valence-electron chi connectivity index (χ3n) is 7.73. The van der Waals surface area contributed by atoms with Crippen LogP contribution < -0.4 is 19.9 Å². The van der Waals surface area contributed by atoms with E-state index in [0.29, 0.717) is 67.9 Å². The number of halogens is 1. The van der Waals surface area contributed by atoms with Gasteiger partial charge in [-0.2, -0.15) is 0 Å². The molecule has 2 aromatic carbocycles. The molecule has 0 spiro atoms. The summed E-state index contributed by atoms with van der Waals surface area (Å²) in [5, 5.41) is 2.77. The van der Waals surface area contributed by atoms with Crippen LogP contribution in [0.1, 0.15) is 16.2 Å². The van der Waals surface area contributed by atoms with Gasteiger partial charge in [0.15, 0.2) is 5.82 Å². The van der Waals surface area contributed by atoms with Crippen molar-refractivity contribution in [2.45, 2.75) is 12.5 Å². The molecular weight excluding hydrogens is 539 g/mol. The van der Waals surface area contributed by atoms with E-state index >= 15 is 0 Å². The van der Waals surface area contributed by atoms with Gasteiger partial charge in [-0.05, 0) is 23.8 Å². The maximum Gasteiger partial charge on any atom is 0.298 e. The Balaban J connectivity index is 1.18. The fraction of sp³-hybridized carbons (Fsp3) is 0.290. The summed E-state index contributed by atoms with van der Waals surface area (Å²) in [5.74, 6) is -0.701. The quantitative estimate of drug-likeness (QED) is 0.253. The smallest absolute Gasteiger partial charge is 0.298 e. The number of anilines is 3. The van der Waals surface area contributed by atoms with Crippen molar-refractivity contribution >= 4 is 29.0 Å². The minimum atomic E-state index is -0.728. The molecule has 10 nitrogen and oxygen atoms in total. The van der Waals surface area contributed by atoms with Crippen LogP contribution >= 0.6 is 0 Å². The Morgan fingerprint density at radius 3 is 2.64 bits per heavy atom. The third-order valence-corrected chi connectivity index (χ3v) is 7.73. The second-order valence-corrected chi connectivity index (χ2v) is 10.3. The summed E-state index contributed by atoms with van der Waals surface area (Å²) in [5.41, 5.74) is 4.16. The van der Waals surface area contributed by atoms with E-state index in [0.717, 1.165) is 16.9 Å². The summed E-state index contributed by atoms with van der Waals surface area (Å²) in [6, 6.07) is 17.0. The zero-order valence-corrected chi connectivity index (χ0v) is 23.4. The van der Waals surface area contributed by atoms with Crippen molar-refractivity contribution in [1.29, 1.82) is 0 Å². The fourth-order valence-corrected chi connectivity index (χ4v) is 5.61. The van der Waals surface area contributed by atoms with Gasteiger partial charge < -0.3 is 29.2 Å². The van der Waals surface area contributed by atoms with E-state index in [9.17, 15) is 14.0 Å². The molecule has 4 aromatic rings. The second-order valence-electron chi connectivity index (χ2n) is 10.3. The van der Waals surface area contributed by atoms with Crippen LogP contribution in [0.4, 0.5) is 21.7 Å². The topological polar surface area (TPSA) is 102 Å². The van der Waals surface area contributed by atoms with Gasteiger partial charge in [-0.25, -0.2) is 14.4 Å². The molecule has 2 aliphatic rings. The van der Waals surface area contributed by atoms with Gasteiger partial charge in [0.05, 0.1) is 30.7 Å². The highest BCUT2D eigenvalue weighted by molar-refractivity contribution is 6.47. The Morgan fingerprint density at radius 1 is 1.10 bits per heavy atom. The number of aromatic nitrogens is 3. The first kappa shape index (κ1) is 27.4. The molecule has 2 aliphatic heterocycles. The molecule has 1 unspecified atom stereocenters. The molecule has 4 heterocycles. The van der Waals surface area contributed by atoms with Crippen LogP contribution in [0.3, 0.4) is 0 Å². The number of benzene rings is 2. The van der Waals surface area contributed by atoms with Crippen molar-refractivity contribution in [1.82, 2.24) is 14.5 Å². The van der Waals surface area contributed by atoms with Crippen LogP contribution in [0.2, 0.25) is 0 Å². The second kappa shape index (κ2) is 11.6. The molecule has 216 valence electrons. The minimum Gasteiger partial charge on any atom is -0.489 e. The van der Waals surface area contributed by atoms with Gasteiger partial charge in [0.1, 0.15) is 18.1 Å². The normalized spacial score (nSPS) is 15.9. The van der Waals surface area contributed by atoms with Crippen molar-refractivity contribution in [3.8, 4) is 16.9 Å². The number of rotatable bonds is 8. The van der Waals surface area contributed by atoms with Gasteiger partial charge in [0.2, 0.25) is 5.95 Å². The lowest BCUT2D eigenvalue weighted by molar-refractivity contribution is -0.112. The van der Waals surface area contributed by atoms with E-state index in [1.165, 1.54) is 12.4 Å². The minimum absolute atomic E-state index is 0.0583. The Kier molecular flexibility index (Phi) is 7.58. The van der Waals surface area contributed by atoms with Crippen molar-refractivity contribution in [3.63, 3.8) is 0 Å². The summed E-state index contributed by atoms with van der Waals surface area (Å²) in [6.07, 6.45) is 2.95. The fourth-order valence-electron chi connectivity index (χ4n) is 5.61. The average molecular weight is 571 g/mol. The Bertz CT molecular complexity index is 1610. The number of ketones is 1. The van der Waals surface area contributed by atoms with E-state index in [1.807, 2.05) is 47.4 Å². The predicted octanol–water partition coefficient (Wildman–Crippen LogP) is 3.72. The monoisotopic (exact) mass is 570 g/mol. The summed E-state index contributed by atoms with van der Waals surface area (Å²) in [7, 11) is 3.43. The first-order chi connectivity index (χ1) is 20.4. The van der Waals surface area contributed by atoms with E-state index in [4.69, 9.17) is 9.47 Å². The lowest BCUT2D eigenvalue weighted by Gasteiger charge is -2.45. The molecule has 0 radical (unpaired) electrons. The molecule has 11 heteroatoms. The Hall–Kier alpha value is -4.77. The van der Waals surface area contributed by atoms with Gasteiger partial charge in [0, 0.05) is 63.2 Å². The number of nitrogens with one attached hydrogen (secondary N) is 1. The number of ether oxygens (including phenoxy) is 2. The summed E-state index contributed by atoms with van der Waals surface area (Å²) in [6.45, 7) is 2.92. The molecule has 1 fully saturated rings. The van der Waals surface area contributed by atoms with Gasteiger partial charge >= 0.3 is 0 Å². The molecule has 1 amide bonds. The largest absolute Gasteiger partial charge is 0.489 e. The van der Waals surface area contributed by atoms with Crippen molar-refractivity contribution in [3.05, 3.63) is 84.2 Å². The van der Waals surface area contributed by atoms with Gasteiger partial charge in [-0.3, -0.25) is 9.59 Å². The average Bonchev–Trinajstić information content (AvgIpc) is 3.35. The van der Waals surface area contributed by atoms with Crippen LogP contribution in [-0.4, -0.2) is 72.2 Å². The highest BCUT2D eigenvalue weighted by atomic mass is 19.1. The highest BCUT2D eigenvalue weighted by Gasteiger charge is 2.34. The molecule has 2 aromatic heterocycles. The lowest BCUT2D eigenvalue weighted by Crippen LogP contribution is -2.57. The molecular formula is C31H31FN6O4. The van der Waals surface area contributed by atoms with E-state index < -0.39 is 17.5 Å². The van der Waals surface area contributed by atoms with Gasteiger partial charge in [0.25, 0.3) is 11.7 Å².